The second-order valence-electron chi connectivity index (χ2n) is 6.62. The zero-order valence-electron chi connectivity index (χ0n) is 14.6. The van der Waals surface area contributed by atoms with Crippen LogP contribution in [0.5, 0.6) is 0 Å². The van der Waals surface area contributed by atoms with Gasteiger partial charge in [0.05, 0.1) is 26.4 Å². The van der Waals surface area contributed by atoms with Gasteiger partial charge in [-0.15, -0.1) is 0 Å². The van der Waals surface area contributed by atoms with Crippen molar-refractivity contribution in [3.63, 3.8) is 0 Å². The van der Waals surface area contributed by atoms with Crippen LogP contribution in [0.1, 0.15) is 31.6 Å². The molecule has 0 atom stereocenters. The highest BCUT2D eigenvalue weighted by molar-refractivity contribution is 5.20. The van der Waals surface area contributed by atoms with E-state index in [1.54, 1.807) is 0 Å². The topological polar surface area (TPSA) is 36.9 Å². The Labute approximate surface area is 150 Å². The maximum absolute atomic E-state index is 13.3. The van der Waals surface area contributed by atoms with Crippen molar-refractivity contribution in [2.45, 2.75) is 32.3 Å². The van der Waals surface area contributed by atoms with Gasteiger partial charge in [0.2, 0.25) is 0 Å². The van der Waals surface area contributed by atoms with Crippen LogP contribution in [0.4, 0.5) is 13.2 Å². The smallest absolute Gasteiger partial charge is 0.194 e. The van der Waals surface area contributed by atoms with Crippen LogP contribution in [0, 0.1) is 29.3 Å². The van der Waals surface area contributed by atoms with Crippen LogP contribution in [-0.4, -0.2) is 32.7 Å². The van der Waals surface area contributed by atoms with Crippen molar-refractivity contribution >= 4 is 0 Å². The molecule has 144 valence electrons. The maximum atomic E-state index is 13.3. The van der Waals surface area contributed by atoms with Gasteiger partial charge in [0.25, 0.3) is 0 Å². The highest BCUT2D eigenvalue weighted by Crippen LogP contribution is 2.29. The number of allylic oxidation sites excluding steroid dienone is 1. The molecule has 0 bridgehead atoms. The molecule has 0 spiro atoms. The first-order valence-corrected chi connectivity index (χ1v) is 8.80. The molecule has 26 heavy (non-hydrogen) atoms. The summed E-state index contributed by atoms with van der Waals surface area (Å²) in [5.41, 5.74) is 0.133. The molecule has 2 fully saturated rings. The van der Waals surface area contributed by atoms with E-state index in [1.165, 1.54) is 0 Å². The third-order valence-corrected chi connectivity index (χ3v) is 4.51. The van der Waals surface area contributed by atoms with E-state index in [9.17, 15) is 13.2 Å². The molecular weight excluding hydrogens is 349 g/mol. The zero-order valence-corrected chi connectivity index (χ0v) is 14.6. The van der Waals surface area contributed by atoms with Gasteiger partial charge in [0, 0.05) is 17.4 Å². The predicted octanol–water partition coefficient (Wildman–Crippen LogP) is 4.11. The molecule has 3 rings (SSSR count). The largest absolute Gasteiger partial charge is 0.352 e. The van der Waals surface area contributed by atoms with Gasteiger partial charge in [0.15, 0.2) is 30.0 Å². The molecule has 7 heteroatoms. The lowest BCUT2D eigenvalue weighted by Crippen LogP contribution is -2.33. The van der Waals surface area contributed by atoms with Crippen LogP contribution in [0.25, 0.3) is 0 Å². The first-order chi connectivity index (χ1) is 12.6. The van der Waals surface area contributed by atoms with Gasteiger partial charge in [-0.1, -0.05) is 12.2 Å². The minimum Gasteiger partial charge on any atom is -0.352 e. The Morgan fingerprint density at radius 3 is 2.12 bits per heavy atom. The third kappa shape index (κ3) is 4.85. The normalized spacial score (nSPS) is 30.0. The summed E-state index contributed by atoms with van der Waals surface area (Å²) in [7, 11) is 0. The molecule has 0 N–H and O–H groups in total. The van der Waals surface area contributed by atoms with E-state index in [1.807, 2.05) is 13.0 Å². The number of ether oxygens (including phenoxy) is 4. The van der Waals surface area contributed by atoms with Gasteiger partial charge >= 0.3 is 0 Å². The van der Waals surface area contributed by atoms with Crippen LogP contribution in [0.3, 0.4) is 0 Å². The quantitative estimate of drug-likeness (QED) is 0.576. The molecule has 0 unspecified atom stereocenters. The van der Waals surface area contributed by atoms with E-state index in [2.05, 4.69) is 6.08 Å². The first kappa shape index (κ1) is 19.4. The summed E-state index contributed by atoms with van der Waals surface area (Å²) in [6, 6.07) is 1.79. The van der Waals surface area contributed by atoms with Crippen molar-refractivity contribution in [2.75, 3.05) is 26.4 Å². The van der Waals surface area contributed by atoms with E-state index in [-0.39, 0.29) is 17.8 Å². The minimum absolute atomic E-state index is 0.133. The van der Waals surface area contributed by atoms with Gasteiger partial charge < -0.3 is 18.9 Å². The molecule has 2 heterocycles. The highest BCUT2D eigenvalue weighted by atomic mass is 19.2. The summed E-state index contributed by atoms with van der Waals surface area (Å²) < 4.78 is 62.1. The minimum atomic E-state index is -1.49. The van der Waals surface area contributed by atoms with Crippen molar-refractivity contribution in [3.05, 3.63) is 47.3 Å². The number of hydrogen-bond donors (Lipinski definition) is 0. The molecule has 0 aromatic heterocycles. The molecular formula is C19H23F3O4. The van der Waals surface area contributed by atoms with Crippen molar-refractivity contribution < 1.29 is 32.1 Å². The van der Waals surface area contributed by atoms with E-state index >= 15 is 0 Å². The molecule has 0 saturated carbocycles. The van der Waals surface area contributed by atoms with Gasteiger partial charge in [-0.05, 0) is 31.9 Å². The van der Waals surface area contributed by atoms with E-state index in [0.717, 1.165) is 25.0 Å². The fourth-order valence-electron chi connectivity index (χ4n) is 3.09. The maximum Gasteiger partial charge on any atom is 0.194 e. The molecule has 2 saturated heterocycles. The third-order valence-electron chi connectivity index (χ3n) is 4.51. The summed E-state index contributed by atoms with van der Waals surface area (Å²) in [4.78, 5) is 0. The molecule has 1 aromatic carbocycles. The Balaban J connectivity index is 1.42. The number of rotatable bonds is 5. The molecule has 2 aliphatic rings. The standard InChI is InChI=1S/C19H23F3O4/c1-2-3-12-8-23-17(24-9-12)5-4-13-10-25-19(26-11-13)14-6-15(20)18(22)16(21)7-14/h2-3,6-7,12-13,17,19H,4-5,8-11H2,1H3/t12-,13-,17-,19-. The van der Waals surface area contributed by atoms with Crippen LogP contribution in [0.2, 0.25) is 0 Å². The lowest BCUT2D eigenvalue weighted by molar-refractivity contribution is -0.217. The van der Waals surface area contributed by atoms with E-state index in [0.29, 0.717) is 32.3 Å². The molecule has 0 radical (unpaired) electrons. The summed E-state index contributed by atoms with van der Waals surface area (Å²) in [5.74, 6) is -3.56. The molecule has 4 nitrogen and oxygen atoms in total. The summed E-state index contributed by atoms with van der Waals surface area (Å²) in [6.07, 6.45) is 4.46. The summed E-state index contributed by atoms with van der Waals surface area (Å²) in [5, 5.41) is 0. The van der Waals surface area contributed by atoms with Gasteiger partial charge in [-0.3, -0.25) is 0 Å². The molecule has 0 amide bonds. The van der Waals surface area contributed by atoms with Crippen molar-refractivity contribution in [2.24, 2.45) is 11.8 Å². The van der Waals surface area contributed by atoms with Crippen LogP contribution in [0.15, 0.2) is 24.3 Å². The predicted molar refractivity (Wildman–Crippen MR) is 87.7 cm³/mol. The van der Waals surface area contributed by atoms with Crippen LogP contribution in [-0.2, 0) is 18.9 Å². The van der Waals surface area contributed by atoms with Crippen molar-refractivity contribution in [1.82, 2.24) is 0 Å². The Morgan fingerprint density at radius 2 is 1.54 bits per heavy atom. The zero-order chi connectivity index (χ0) is 18.5. The number of hydrogen-bond acceptors (Lipinski definition) is 4. The first-order valence-electron chi connectivity index (χ1n) is 8.80. The molecule has 1 aromatic rings. The van der Waals surface area contributed by atoms with Crippen LogP contribution < -0.4 is 0 Å². The fourth-order valence-corrected chi connectivity index (χ4v) is 3.09. The molecule has 0 aliphatic carbocycles. The van der Waals surface area contributed by atoms with Gasteiger partial charge in [-0.25, -0.2) is 13.2 Å². The monoisotopic (exact) mass is 372 g/mol. The summed E-state index contributed by atoms with van der Waals surface area (Å²) in [6.45, 7) is 4.04. The average molecular weight is 372 g/mol. The Bertz CT molecular complexity index is 598. The summed E-state index contributed by atoms with van der Waals surface area (Å²) >= 11 is 0. The fraction of sp³-hybridized carbons (Fsp3) is 0.579. The Kier molecular flexibility index (Phi) is 6.69. The average Bonchev–Trinajstić information content (AvgIpc) is 2.66. The van der Waals surface area contributed by atoms with Gasteiger partial charge in [-0.2, -0.15) is 0 Å². The SMILES string of the molecule is CC=C[C@H]1CO[C@H](CC[C@H]2CO[C@H](c3cc(F)c(F)c(F)c3)OC2)OC1. The second kappa shape index (κ2) is 8.99. The van der Waals surface area contributed by atoms with Crippen molar-refractivity contribution in [1.29, 1.82) is 0 Å². The van der Waals surface area contributed by atoms with E-state index < -0.39 is 23.7 Å². The number of halogens is 3. The van der Waals surface area contributed by atoms with Crippen molar-refractivity contribution in [3.8, 4) is 0 Å². The molecule has 2 aliphatic heterocycles. The van der Waals surface area contributed by atoms with E-state index in [4.69, 9.17) is 18.9 Å². The number of benzene rings is 1. The second-order valence-corrected chi connectivity index (χ2v) is 6.62. The highest BCUT2D eigenvalue weighted by Gasteiger charge is 2.27. The Morgan fingerprint density at radius 1 is 0.923 bits per heavy atom. The lowest BCUT2D eigenvalue weighted by Gasteiger charge is -2.32. The Hall–Kier alpha value is -1.41. The van der Waals surface area contributed by atoms with Gasteiger partial charge in [0.1, 0.15) is 0 Å². The van der Waals surface area contributed by atoms with Crippen LogP contribution >= 0.6 is 0 Å². The lowest BCUT2D eigenvalue weighted by atomic mass is 10.0.